The molecule has 1 unspecified atom stereocenters. The third kappa shape index (κ3) is 3.45. The van der Waals surface area contributed by atoms with Gasteiger partial charge in [-0.25, -0.2) is 4.98 Å². The van der Waals surface area contributed by atoms with Crippen LogP contribution in [0.4, 0.5) is 0 Å². The maximum atomic E-state index is 12.5. The minimum Gasteiger partial charge on any atom is -0.351 e. The molecule has 1 heterocycles. The Morgan fingerprint density at radius 1 is 1.20 bits per heavy atom. The fourth-order valence-electron chi connectivity index (χ4n) is 2.87. The fourth-order valence-corrected chi connectivity index (χ4v) is 2.87. The Morgan fingerprint density at radius 3 is 2.64 bits per heavy atom. The third-order valence-corrected chi connectivity index (χ3v) is 4.44. The summed E-state index contributed by atoms with van der Waals surface area (Å²) in [6.45, 7) is 4.31. The molecule has 0 spiro atoms. The largest absolute Gasteiger partial charge is 0.351 e. The SMILES string of the molecule is Cc1nc2cc(C(=O)NCC(C)c3ccccc3)ccc2n(C)c1=O. The lowest BCUT2D eigenvalue weighted by Gasteiger charge is -2.13. The molecule has 1 atom stereocenters. The highest BCUT2D eigenvalue weighted by Gasteiger charge is 2.12. The number of hydrogen-bond donors (Lipinski definition) is 1. The molecular formula is C20H21N3O2. The predicted octanol–water partition coefficient (Wildman–Crippen LogP) is 2.78. The minimum absolute atomic E-state index is 0.124. The van der Waals surface area contributed by atoms with Gasteiger partial charge in [0.1, 0.15) is 5.69 Å². The van der Waals surface area contributed by atoms with Crippen LogP contribution in [0.25, 0.3) is 11.0 Å². The van der Waals surface area contributed by atoms with Gasteiger partial charge >= 0.3 is 0 Å². The molecule has 0 aliphatic heterocycles. The van der Waals surface area contributed by atoms with E-state index in [2.05, 4.69) is 29.4 Å². The molecule has 0 aliphatic rings. The zero-order valence-corrected chi connectivity index (χ0v) is 14.6. The van der Waals surface area contributed by atoms with Crippen LogP contribution in [0.15, 0.2) is 53.3 Å². The molecule has 5 nitrogen and oxygen atoms in total. The lowest BCUT2D eigenvalue weighted by Crippen LogP contribution is -2.27. The minimum atomic E-state index is -0.141. The first-order chi connectivity index (χ1) is 12.0. The van der Waals surface area contributed by atoms with Crippen LogP contribution in [-0.4, -0.2) is 22.0 Å². The summed E-state index contributed by atoms with van der Waals surface area (Å²) in [4.78, 5) is 28.7. The van der Waals surface area contributed by atoms with Crippen LogP contribution in [0.1, 0.15) is 34.5 Å². The first kappa shape index (κ1) is 16.9. The predicted molar refractivity (Wildman–Crippen MR) is 98.9 cm³/mol. The Balaban J connectivity index is 1.78. The van der Waals surface area contributed by atoms with E-state index in [9.17, 15) is 9.59 Å². The van der Waals surface area contributed by atoms with Crippen LogP contribution in [0.5, 0.6) is 0 Å². The van der Waals surface area contributed by atoms with Gasteiger partial charge in [-0.1, -0.05) is 37.3 Å². The Hall–Kier alpha value is -2.95. The van der Waals surface area contributed by atoms with E-state index in [1.807, 2.05) is 18.2 Å². The summed E-state index contributed by atoms with van der Waals surface area (Å²) in [5.74, 6) is 0.0878. The van der Waals surface area contributed by atoms with E-state index in [4.69, 9.17) is 0 Å². The zero-order valence-electron chi connectivity index (χ0n) is 14.6. The second-order valence-corrected chi connectivity index (χ2v) is 6.29. The molecule has 0 fully saturated rings. The smallest absolute Gasteiger partial charge is 0.272 e. The Bertz CT molecular complexity index is 977. The second-order valence-electron chi connectivity index (χ2n) is 6.29. The fraction of sp³-hybridized carbons (Fsp3) is 0.250. The third-order valence-electron chi connectivity index (χ3n) is 4.44. The molecule has 3 rings (SSSR count). The summed E-state index contributed by atoms with van der Waals surface area (Å²) in [6, 6.07) is 15.3. The number of carbonyl (C=O) groups is 1. The van der Waals surface area contributed by atoms with Crippen molar-refractivity contribution >= 4 is 16.9 Å². The summed E-state index contributed by atoms with van der Waals surface area (Å²) in [5, 5.41) is 2.97. The van der Waals surface area contributed by atoms with Crippen molar-refractivity contribution in [2.75, 3.05) is 6.54 Å². The summed E-state index contributed by atoms with van der Waals surface area (Å²) in [6.07, 6.45) is 0. The monoisotopic (exact) mass is 335 g/mol. The van der Waals surface area contributed by atoms with E-state index in [0.717, 1.165) is 0 Å². The highest BCUT2D eigenvalue weighted by molar-refractivity contribution is 5.97. The highest BCUT2D eigenvalue weighted by atomic mass is 16.1. The van der Waals surface area contributed by atoms with Gasteiger partial charge in [-0.2, -0.15) is 0 Å². The number of rotatable bonds is 4. The number of amides is 1. The number of nitrogens with zero attached hydrogens (tertiary/aromatic N) is 2. The summed E-state index contributed by atoms with van der Waals surface area (Å²) < 4.78 is 1.55. The normalized spacial score (nSPS) is 12.1. The van der Waals surface area contributed by atoms with Crippen LogP contribution in [0.2, 0.25) is 0 Å². The molecular weight excluding hydrogens is 314 g/mol. The lowest BCUT2D eigenvalue weighted by molar-refractivity contribution is 0.0952. The molecule has 0 radical (unpaired) electrons. The van der Waals surface area contributed by atoms with Gasteiger partial charge < -0.3 is 9.88 Å². The molecule has 1 amide bonds. The quantitative estimate of drug-likeness (QED) is 0.797. The van der Waals surface area contributed by atoms with E-state index < -0.39 is 0 Å². The van der Waals surface area contributed by atoms with Gasteiger partial charge in [0.25, 0.3) is 11.5 Å². The summed E-state index contributed by atoms with van der Waals surface area (Å²) in [5.41, 5.74) is 3.38. The average molecular weight is 335 g/mol. The number of fused-ring (bicyclic) bond motifs is 1. The molecule has 1 N–H and O–H groups in total. The molecule has 0 aliphatic carbocycles. The van der Waals surface area contributed by atoms with Gasteiger partial charge in [0, 0.05) is 19.2 Å². The van der Waals surface area contributed by atoms with Crippen molar-refractivity contribution < 1.29 is 4.79 Å². The first-order valence-corrected chi connectivity index (χ1v) is 8.28. The molecule has 1 aromatic heterocycles. The summed E-state index contributed by atoms with van der Waals surface area (Å²) >= 11 is 0. The van der Waals surface area contributed by atoms with E-state index >= 15 is 0 Å². The van der Waals surface area contributed by atoms with Crippen molar-refractivity contribution in [3.05, 3.63) is 75.7 Å². The number of carbonyl (C=O) groups excluding carboxylic acids is 1. The number of benzene rings is 2. The molecule has 0 bridgehead atoms. The average Bonchev–Trinajstić information content (AvgIpc) is 2.64. The van der Waals surface area contributed by atoms with Crippen molar-refractivity contribution in [2.24, 2.45) is 7.05 Å². The number of hydrogen-bond acceptors (Lipinski definition) is 3. The summed E-state index contributed by atoms with van der Waals surface area (Å²) in [7, 11) is 1.71. The molecule has 3 aromatic rings. The maximum Gasteiger partial charge on any atom is 0.272 e. The van der Waals surface area contributed by atoms with Crippen molar-refractivity contribution in [1.29, 1.82) is 0 Å². The Morgan fingerprint density at radius 2 is 1.92 bits per heavy atom. The van der Waals surface area contributed by atoms with Gasteiger partial charge in [0.05, 0.1) is 11.0 Å². The standard InChI is InChI=1S/C20H21N3O2/c1-13(15-7-5-4-6-8-15)12-21-19(24)16-9-10-18-17(11-16)22-14(2)20(25)23(18)3/h4-11,13H,12H2,1-3H3,(H,21,24). The van der Waals surface area contributed by atoms with Crippen LogP contribution >= 0.6 is 0 Å². The van der Waals surface area contributed by atoms with Crippen LogP contribution in [0.3, 0.4) is 0 Å². The van der Waals surface area contributed by atoms with E-state index in [1.54, 1.807) is 36.7 Å². The van der Waals surface area contributed by atoms with Gasteiger partial charge in [0.2, 0.25) is 0 Å². The van der Waals surface area contributed by atoms with E-state index in [0.29, 0.717) is 28.8 Å². The molecule has 25 heavy (non-hydrogen) atoms. The van der Waals surface area contributed by atoms with Crippen molar-refractivity contribution in [1.82, 2.24) is 14.9 Å². The van der Waals surface area contributed by atoms with Crippen molar-refractivity contribution in [3.63, 3.8) is 0 Å². The highest BCUT2D eigenvalue weighted by Crippen LogP contribution is 2.15. The van der Waals surface area contributed by atoms with Crippen LogP contribution < -0.4 is 10.9 Å². The number of aromatic nitrogens is 2. The van der Waals surface area contributed by atoms with Crippen molar-refractivity contribution in [3.8, 4) is 0 Å². The lowest BCUT2D eigenvalue weighted by atomic mass is 10.0. The second kappa shape index (κ2) is 6.89. The van der Waals surface area contributed by atoms with Crippen molar-refractivity contribution in [2.45, 2.75) is 19.8 Å². The van der Waals surface area contributed by atoms with E-state index in [1.165, 1.54) is 5.56 Å². The maximum absolute atomic E-state index is 12.5. The van der Waals surface area contributed by atoms with Crippen LogP contribution in [-0.2, 0) is 7.05 Å². The Labute approximate surface area is 146 Å². The molecule has 2 aromatic carbocycles. The first-order valence-electron chi connectivity index (χ1n) is 8.28. The molecule has 128 valence electrons. The number of aryl methyl sites for hydroxylation is 2. The van der Waals surface area contributed by atoms with E-state index in [-0.39, 0.29) is 17.4 Å². The molecule has 0 saturated heterocycles. The molecule has 0 saturated carbocycles. The van der Waals surface area contributed by atoms with Gasteiger partial charge in [-0.3, -0.25) is 9.59 Å². The zero-order chi connectivity index (χ0) is 18.0. The Kier molecular flexibility index (Phi) is 4.65. The van der Waals surface area contributed by atoms with Crippen LogP contribution in [0, 0.1) is 6.92 Å². The van der Waals surface area contributed by atoms with Gasteiger partial charge in [-0.05, 0) is 36.6 Å². The molecule has 5 heteroatoms. The van der Waals surface area contributed by atoms with Gasteiger partial charge in [-0.15, -0.1) is 0 Å². The van der Waals surface area contributed by atoms with Gasteiger partial charge in [0.15, 0.2) is 0 Å². The number of nitrogens with one attached hydrogen (secondary N) is 1. The topological polar surface area (TPSA) is 64.0 Å².